The van der Waals surface area contributed by atoms with Crippen molar-refractivity contribution in [2.45, 2.75) is 0 Å². The van der Waals surface area contributed by atoms with E-state index in [4.69, 9.17) is 4.89 Å². The van der Waals surface area contributed by atoms with E-state index in [9.17, 15) is 23.8 Å². The van der Waals surface area contributed by atoms with E-state index in [1.807, 2.05) is 0 Å². The monoisotopic (exact) mass is 257 g/mol. The summed E-state index contributed by atoms with van der Waals surface area (Å²) >= 11 is 0. The SMILES string of the molecule is O=P([O-])([O-])OP(=O)([O-])O.[Co+2].[Na+]. The summed E-state index contributed by atoms with van der Waals surface area (Å²) < 4.78 is 21.4. The zero-order valence-corrected chi connectivity index (χ0v) is 9.95. The fourth-order valence-electron chi connectivity index (χ4n) is 0.126. The summed E-state index contributed by atoms with van der Waals surface area (Å²) in [5, 5.41) is 0. The van der Waals surface area contributed by atoms with Gasteiger partial charge in [0.1, 0.15) is 0 Å². The van der Waals surface area contributed by atoms with Crippen LogP contribution in [0.25, 0.3) is 0 Å². The smallest absolute Gasteiger partial charge is 0.790 e. The molecule has 0 saturated heterocycles. The van der Waals surface area contributed by atoms with Gasteiger partial charge in [0, 0.05) is 0 Å². The van der Waals surface area contributed by atoms with Gasteiger partial charge in [-0.2, -0.15) is 0 Å². The molecule has 1 N–H and O–H groups in total. The first-order valence-corrected chi connectivity index (χ1v) is 4.43. The van der Waals surface area contributed by atoms with Crippen LogP contribution in [0.4, 0.5) is 0 Å². The van der Waals surface area contributed by atoms with E-state index >= 15 is 0 Å². The van der Waals surface area contributed by atoms with Crippen molar-refractivity contribution in [2.24, 2.45) is 0 Å². The van der Waals surface area contributed by atoms with Crippen molar-refractivity contribution < 1.29 is 79.4 Å². The molecule has 0 aliphatic heterocycles. The van der Waals surface area contributed by atoms with Crippen molar-refractivity contribution >= 4 is 15.6 Å². The maximum atomic E-state index is 9.44. The molecule has 0 aromatic rings. The van der Waals surface area contributed by atoms with Gasteiger partial charge in [0.2, 0.25) is 0 Å². The standard InChI is InChI=1S/Co.Na.H4O7P2/c;;1-8(2,3)7-9(4,5)6/h;;(H2,1,2,3)(H2,4,5,6)/q+2;+1;/p-3. The second-order valence-corrected chi connectivity index (χ2v) is 3.48. The fraction of sp³-hybridized carbons (Fsp3) is 0. The molecule has 7 nitrogen and oxygen atoms in total. The molecule has 0 aliphatic carbocycles. The summed E-state index contributed by atoms with van der Waals surface area (Å²) in [5.41, 5.74) is 0. The third-order valence-electron chi connectivity index (χ3n) is 0.203. The first kappa shape index (κ1) is 18.5. The minimum absolute atomic E-state index is 0. The molecule has 0 aromatic heterocycles. The minimum Gasteiger partial charge on any atom is -0.790 e. The summed E-state index contributed by atoms with van der Waals surface area (Å²) in [6.07, 6.45) is 0. The molecule has 1 atom stereocenters. The van der Waals surface area contributed by atoms with Gasteiger partial charge in [0.15, 0.2) is 0 Å². The van der Waals surface area contributed by atoms with E-state index in [1.54, 1.807) is 0 Å². The van der Waals surface area contributed by atoms with E-state index in [0.717, 1.165) is 0 Å². The van der Waals surface area contributed by atoms with Gasteiger partial charge in [-0.15, -0.1) is 0 Å². The molecule has 1 unspecified atom stereocenters. The quantitative estimate of drug-likeness (QED) is 0.384. The second-order valence-electron chi connectivity index (χ2n) is 0.997. The van der Waals surface area contributed by atoms with Crippen molar-refractivity contribution in [3.05, 3.63) is 0 Å². The molecule has 0 rings (SSSR count). The van der Waals surface area contributed by atoms with Crippen LogP contribution in [-0.2, 0) is 30.2 Å². The normalized spacial score (nSPS) is 15.6. The van der Waals surface area contributed by atoms with Crippen molar-refractivity contribution in [1.82, 2.24) is 0 Å². The summed E-state index contributed by atoms with van der Waals surface area (Å²) in [6, 6.07) is 0. The molecule has 0 spiro atoms. The van der Waals surface area contributed by atoms with Crippen LogP contribution >= 0.6 is 15.6 Å². The van der Waals surface area contributed by atoms with Crippen molar-refractivity contribution in [3.63, 3.8) is 0 Å². The molecule has 11 heavy (non-hydrogen) atoms. The predicted octanol–water partition coefficient (Wildman–Crippen LogP) is -5.71. The van der Waals surface area contributed by atoms with E-state index < -0.39 is 15.6 Å². The fourth-order valence-corrected chi connectivity index (χ4v) is 1.14. The van der Waals surface area contributed by atoms with Crippen LogP contribution in [0.5, 0.6) is 0 Å². The van der Waals surface area contributed by atoms with Crippen LogP contribution in [0, 0.1) is 0 Å². The van der Waals surface area contributed by atoms with Gasteiger partial charge >= 0.3 is 46.3 Å². The van der Waals surface area contributed by atoms with E-state index in [-0.39, 0.29) is 46.3 Å². The molecule has 1 radical (unpaired) electrons. The molecule has 63 valence electrons. The molecule has 0 heterocycles. The first-order valence-electron chi connectivity index (χ1n) is 1.48. The largest absolute Gasteiger partial charge is 2.00 e. The molecule has 0 bridgehead atoms. The first-order chi connectivity index (χ1) is 3.71. The van der Waals surface area contributed by atoms with Gasteiger partial charge in [-0.25, -0.2) is 0 Å². The summed E-state index contributed by atoms with van der Waals surface area (Å²) in [5.74, 6) is 0. The van der Waals surface area contributed by atoms with Gasteiger partial charge in [0.05, 0.1) is 7.82 Å². The Hall–Kier alpha value is 1.77. The Bertz CT molecular complexity index is 157. The third-order valence-corrected chi connectivity index (χ3v) is 1.83. The molecule has 11 heteroatoms. The molecular formula is HCoNaO7P2. The van der Waals surface area contributed by atoms with Crippen molar-refractivity contribution in [1.29, 1.82) is 0 Å². The van der Waals surface area contributed by atoms with E-state index in [2.05, 4.69) is 4.31 Å². The van der Waals surface area contributed by atoms with Gasteiger partial charge in [0.25, 0.3) is 7.82 Å². The van der Waals surface area contributed by atoms with Crippen LogP contribution < -0.4 is 44.2 Å². The Kier molecular flexibility index (Phi) is 10.5. The average Bonchev–Trinajstić information content (AvgIpc) is 1.14. The van der Waals surface area contributed by atoms with Crippen LogP contribution in [0.3, 0.4) is 0 Å². The Morgan fingerprint density at radius 3 is 1.45 bits per heavy atom. The number of rotatable bonds is 2. The minimum atomic E-state index is -5.61. The maximum absolute atomic E-state index is 9.44. The topological polar surface area (TPSA) is 133 Å². The van der Waals surface area contributed by atoms with Crippen molar-refractivity contribution in [3.8, 4) is 0 Å². The average molecular weight is 257 g/mol. The zero-order valence-electron chi connectivity index (χ0n) is 5.12. The summed E-state index contributed by atoms with van der Waals surface area (Å²) in [4.78, 5) is 35.7. The van der Waals surface area contributed by atoms with Gasteiger partial charge in [-0.1, -0.05) is 0 Å². The maximum Gasteiger partial charge on any atom is 2.00 e. The van der Waals surface area contributed by atoms with E-state index in [1.165, 1.54) is 0 Å². The van der Waals surface area contributed by atoms with Gasteiger partial charge in [-0.3, -0.25) is 8.88 Å². The number of phosphoric acid groups is 2. The molecule has 0 aliphatic rings. The van der Waals surface area contributed by atoms with Gasteiger partial charge in [-0.05, 0) is 0 Å². The van der Waals surface area contributed by atoms with Crippen LogP contribution in [0.15, 0.2) is 0 Å². The Morgan fingerprint density at radius 1 is 1.18 bits per heavy atom. The number of hydrogen-bond donors (Lipinski definition) is 1. The second kappa shape index (κ2) is 6.26. The molecule has 0 amide bonds. The zero-order chi connectivity index (χ0) is 7.71. The third kappa shape index (κ3) is 18.6. The summed E-state index contributed by atoms with van der Waals surface area (Å²) in [7, 11) is -11.0. The van der Waals surface area contributed by atoms with Crippen LogP contribution in [0.2, 0.25) is 0 Å². The van der Waals surface area contributed by atoms with Crippen molar-refractivity contribution in [2.75, 3.05) is 0 Å². The molecular weight excluding hydrogens is 256 g/mol. The van der Waals surface area contributed by atoms with E-state index in [0.29, 0.717) is 0 Å². The molecule has 0 aromatic carbocycles. The Labute approximate surface area is 94.5 Å². The molecule has 0 saturated carbocycles. The Balaban J connectivity index is -0.000000320. The Morgan fingerprint density at radius 2 is 1.45 bits per heavy atom. The predicted molar refractivity (Wildman–Crippen MR) is 18.5 cm³/mol. The summed E-state index contributed by atoms with van der Waals surface area (Å²) in [6.45, 7) is 0. The van der Waals surface area contributed by atoms with Crippen LogP contribution in [-0.4, -0.2) is 4.89 Å². The van der Waals surface area contributed by atoms with Crippen LogP contribution in [0.1, 0.15) is 0 Å². The van der Waals surface area contributed by atoms with Gasteiger partial charge < -0.3 is 24.1 Å². The molecule has 0 fully saturated rings. The number of hydrogen-bond acceptors (Lipinski definition) is 6.